The summed E-state index contributed by atoms with van der Waals surface area (Å²) in [5, 5.41) is 24.8. The molecule has 2 heterocycles. The zero-order valence-corrected chi connectivity index (χ0v) is 12.3. The second kappa shape index (κ2) is 5.76. The summed E-state index contributed by atoms with van der Waals surface area (Å²) >= 11 is 0. The van der Waals surface area contributed by atoms with Gasteiger partial charge in [-0.15, -0.1) is 0 Å². The largest absolute Gasteiger partial charge is 0.389 e. The summed E-state index contributed by atoms with van der Waals surface area (Å²) in [6.07, 6.45) is 2.88. The Labute approximate surface area is 127 Å². The van der Waals surface area contributed by atoms with Crippen molar-refractivity contribution >= 4 is 11.4 Å². The van der Waals surface area contributed by atoms with E-state index in [1.165, 1.54) is 33.9 Å². The zero-order chi connectivity index (χ0) is 15.7. The first-order valence-electron chi connectivity index (χ1n) is 7.22. The molecule has 1 N–H and O–H groups in total. The van der Waals surface area contributed by atoms with Crippen LogP contribution in [0.1, 0.15) is 11.1 Å². The Balaban J connectivity index is 1.64. The highest BCUT2D eigenvalue weighted by Crippen LogP contribution is 2.29. The molecule has 0 fully saturated rings. The molecule has 1 aliphatic rings. The number of benzene rings is 1. The van der Waals surface area contributed by atoms with Gasteiger partial charge in [0.15, 0.2) is 0 Å². The smallest absolute Gasteiger partial charge is 0.306 e. The van der Waals surface area contributed by atoms with Gasteiger partial charge in [-0.3, -0.25) is 14.8 Å². The highest BCUT2D eigenvalue weighted by molar-refractivity contribution is 5.59. The lowest BCUT2D eigenvalue weighted by molar-refractivity contribution is -0.385. The summed E-state index contributed by atoms with van der Waals surface area (Å²) in [4.78, 5) is 12.3. The van der Waals surface area contributed by atoms with Crippen LogP contribution in [0.25, 0.3) is 0 Å². The maximum atomic E-state index is 10.6. The molecule has 1 atom stereocenters. The molecule has 1 aromatic carbocycles. The van der Waals surface area contributed by atoms with Gasteiger partial charge in [0.25, 0.3) is 0 Å². The third-order valence-corrected chi connectivity index (χ3v) is 3.89. The predicted octanol–water partition coefficient (Wildman–Crippen LogP) is 1.52. The molecule has 0 saturated carbocycles. The van der Waals surface area contributed by atoms with Gasteiger partial charge in [-0.2, -0.15) is 5.10 Å². The van der Waals surface area contributed by atoms with Crippen molar-refractivity contribution < 1.29 is 10.0 Å². The molecule has 7 nitrogen and oxygen atoms in total. The number of hydrogen-bond acceptors (Lipinski definition) is 5. The Kier molecular flexibility index (Phi) is 3.81. The maximum absolute atomic E-state index is 10.6. The minimum absolute atomic E-state index is 0.0608. The standard InChI is InChI=1S/C15H18N4O3/c1-11-2-3-12-4-5-17(15(12)6-11)9-14(20)10-18-8-13(7-16-18)19(21)22/h2-3,6-8,14,20H,4-5,9-10H2,1H3. The van der Waals surface area contributed by atoms with E-state index in [-0.39, 0.29) is 12.2 Å². The number of aryl methyl sites for hydroxylation is 1. The van der Waals surface area contributed by atoms with Crippen LogP contribution in [-0.2, 0) is 13.0 Å². The first-order valence-corrected chi connectivity index (χ1v) is 7.22. The molecular weight excluding hydrogens is 284 g/mol. The number of aliphatic hydroxyl groups is 1. The number of β-amino-alcohol motifs (C(OH)–C–C–N with tert-alkyl or cyclic N) is 1. The number of fused-ring (bicyclic) bond motifs is 1. The van der Waals surface area contributed by atoms with Crippen molar-refractivity contribution in [3.63, 3.8) is 0 Å². The summed E-state index contributed by atoms with van der Waals surface area (Å²) in [5.41, 5.74) is 3.61. The molecule has 3 rings (SSSR count). The molecule has 1 unspecified atom stereocenters. The van der Waals surface area contributed by atoms with Crippen molar-refractivity contribution in [2.75, 3.05) is 18.0 Å². The van der Waals surface area contributed by atoms with E-state index < -0.39 is 11.0 Å². The molecule has 116 valence electrons. The molecule has 1 aliphatic heterocycles. The van der Waals surface area contributed by atoms with E-state index in [1.54, 1.807) is 0 Å². The first-order chi connectivity index (χ1) is 10.5. The number of aromatic nitrogens is 2. The summed E-state index contributed by atoms with van der Waals surface area (Å²) < 4.78 is 1.41. The Morgan fingerprint density at radius 2 is 2.27 bits per heavy atom. The first kappa shape index (κ1) is 14.5. The van der Waals surface area contributed by atoms with Crippen LogP contribution in [0.15, 0.2) is 30.6 Å². The topological polar surface area (TPSA) is 84.4 Å². The van der Waals surface area contributed by atoms with Crippen LogP contribution in [0, 0.1) is 17.0 Å². The highest BCUT2D eigenvalue weighted by Gasteiger charge is 2.22. The lowest BCUT2D eigenvalue weighted by Crippen LogP contribution is -2.33. The van der Waals surface area contributed by atoms with E-state index in [1.807, 2.05) is 0 Å². The maximum Gasteiger partial charge on any atom is 0.306 e. The second-order valence-electron chi connectivity index (χ2n) is 5.66. The minimum atomic E-state index is -0.633. The third kappa shape index (κ3) is 2.94. The summed E-state index contributed by atoms with van der Waals surface area (Å²) in [7, 11) is 0. The Bertz CT molecular complexity index is 698. The minimum Gasteiger partial charge on any atom is -0.389 e. The van der Waals surface area contributed by atoms with Crippen LogP contribution in [-0.4, -0.2) is 39.0 Å². The normalized spacial score (nSPS) is 14.9. The molecule has 0 spiro atoms. The number of nitrogens with zero attached hydrogens (tertiary/aromatic N) is 4. The van der Waals surface area contributed by atoms with Gasteiger partial charge in [-0.1, -0.05) is 12.1 Å². The van der Waals surface area contributed by atoms with Gasteiger partial charge in [0.1, 0.15) is 12.4 Å². The fourth-order valence-corrected chi connectivity index (χ4v) is 2.82. The Hall–Kier alpha value is -2.41. The van der Waals surface area contributed by atoms with Crippen molar-refractivity contribution in [2.45, 2.75) is 26.0 Å². The zero-order valence-electron chi connectivity index (χ0n) is 12.3. The average Bonchev–Trinajstić information content (AvgIpc) is 3.07. The van der Waals surface area contributed by atoms with Gasteiger partial charge < -0.3 is 10.0 Å². The number of hydrogen-bond donors (Lipinski definition) is 1. The number of anilines is 1. The molecule has 0 aliphatic carbocycles. The van der Waals surface area contributed by atoms with E-state index in [2.05, 4.69) is 35.1 Å². The molecule has 22 heavy (non-hydrogen) atoms. The molecular formula is C15H18N4O3. The molecule has 0 radical (unpaired) electrons. The average molecular weight is 302 g/mol. The number of nitro groups is 1. The molecule has 0 saturated heterocycles. The van der Waals surface area contributed by atoms with Crippen LogP contribution >= 0.6 is 0 Å². The van der Waals surface area contributed by atoms with Gasteiger partial charge in [-0.25, -0.2) is 0 Å². The van der Waals surface area contributed by atoms with Crippen molar-refractivity contribution in [3.8, 4) is 0 Å². The molecule has 0 amide bonds. The van der Waals surface area contributed by atoms with Gasteiger partial charge in [0.05, 0.1) is 17.6 Å². The van der Waals surface area contributed by atoms with E-state index in [0.717, 1.165) is 13.0 Å². The quantitative estimate of drug-likeness (QED) is 0.668. The summed E-state index contributed by atoms with van der Waals surface area (Å²) in [6.45, 7) is 3.67. The van der Waals surface area contributed by atoms with Crippen LogP contribution < -0.4 is 4.90 Å². The number of aliphatic hydroxyl groups excluding tert-OH is 1. The van der Waals surface area contributed by atoms with Gasteiger partial charge in [0.2, 0.25) is 0 Å². The molecule has 2 aromatic rings. The van der Waals surface area contributed by atoms with Gasteiger partial charge >= 0.3 is 5.69 Å². The van der Waals surface area contributed by atoms with E-state index in [9.17, 15) is 15.2 Å². The third-order valence-electron chi connectivity index (χ3n) is 3.89. The van der Waals surface area contributed by atoms with E-state index in [0.29, 0.717) is 6.54 Å². The Morgan fingerprint density at radius 1 is 1.45 bits per heavy atom. The molecule has 0 bridgehead atoms. The summed E-state index contributed by atoms with van der Waals surface area (Å²) in [5.74, 6) is 0. The second-order valence-corrected chi connectivity index (χ2v) is 5.66. The van der Waals surface area contributed by atoms with E-state index >= 15 is 0 Å². The molecule has 7 heteroatoms. The summed E-state index contributed by atoms with van der Waals surface area (Å²) in [6, 6.07) is 6.36. The van der Waals surface area contributed by atoms with Crippen LogP contribution in [0.5, 0.6) is 0 Å². The van der Waals surface area contributed by atoms with Gasteiger partial charge in [0, 0.05) is 18.8 Å². The van der Waals surface area contributed by atoms with Crippen molar-refractivity contribution in [3.05, 3.63) is 51.8 Å². The highest BCUT2D eigenvalue weighted by atomic mass is 16.6. The van der Waals surface area contributed by atoms with E-state index in [4.69, 9.17) is 0 Å². The van der Waals surface area contributed by atoms with Crippen molar-refractivity contribution in [1.29, 1.82) is 0 Å². The molecule has 1 aromatic heterocycles. The van der Waals surface area contributed by atoms with Crippen LogP contribution in [0.4, 0.5) is 11.4 Å². The van der Waals surface area contributed by atoms with Crippen molar-refractivity contribution in [2.24, 2.45) is 0 Å². The van der Waals surface area contributed by atoms with Crippen LogP contribution in [0.3, 0.4) is 0 Å². The van der Waals surface area contributed by atoms with Crippen molar-refractivity contribution in [1.82, 2.24) is 9.78 Å². The van der Waals surface area contributed by atoms with Gasteiger partial charge in [-0.05, 0) is 30.5 Å². The lowest BCUT2D eigenvalue weighted by atomic mass is 10.1. The fourth-order valence-electron chi connectivity index (χ4n) is 2.82. The monoisotopic (exact) mass is 302 g/mol. The fraction of sp³-hybridized carbons (Fsp3) is 0.400. The number of rotatable bonds is 5. The SMILES string of the molecule is Cc1ccc2c(c1)N(CC(O)Cn1cc([N+](=O)[O-])cn1)CC2. The van der Waals surface area contributed by atoms with Crippen LogP contribution in [0.2, 0.25) is 0 Å². The lowest BCUT2D eigenvalue weighted by Gasteiger charge is -2.23. The Morgan fingerprint density at radius 3 is 3.00 bits per heavy atom. The predicted molar refractivity (Wildman–Crippen MR) is 82.0 cm³/mol.